The fraction of sp³-hybridized carbons (Fsp3) is 0.0952. The topological polar surface area (TPSA) is 61.8 Å². The largest absolute Gasteiger partial charge is 0.489 e. The molecule has 0 bridgehead atoms. The molecule has 5 rings (SSSR count). The molecule has 0 aliphatic carbocycles. The summed E-state index contributed by atoms with van der Waals surface area (Å²) < 4.78 is 16.2. The first-order valence-corrected chi connectivity index (χ1v) is 17.0. The van der Waals surface area contributed by atoms with Crippen molar-refractivity contribution in [3.8, 4) is 29.4 Å². The van der Waals surface area contributed by atoms with E-state index in [4.69, 9.17) is 13.7 Å². The van der Waals surface area contributed by atoms with Crippen LogP contribution in [0.25, 0.3) is 10.8 Å². The fourth-order valence-corrected chi connectivity index (χ4v) is 5.74. The van der Waals surface area contributed by atoms with Crippen LogP contribution in [0.1, 0.15) is 33.4 Å². The molecule has 0 fully saturated rings. The lowest BCUT2D eigenvalue weighted by atomic mass is 10.0. The third-order valence-electron chi connectivity index (χ3n) is 7.03. The van der Waals surface area contributed by atoms with Crippen molar-refractivity contribution >= 4 is 46.5 Å². The van der Waals surface area contributed by atoms with E-state index in [0.717, 1.165) is 77.8 Å². The summed E-state index contributed by atoms with van der Waals surface area (Å²) in [4.78, 5) is 24.3. The van der Waals surface area contributed by atoms with Crippen molar-refractivity contribution in [2.75, 3.05) is 12.4 Å². The van der Waals surface area contributed by atoms with Crippen LogP contribution in [0.3, 0.4) is 0 Å². The van der Waals surface area contributed by atoms with Crippen molar-refractivity contribution in [2.45, 2.75) is 23.3 Å². The molecule has 5 aromatic rings. The molecular formula is C42H32O5S2. The van der Waals surface area contributed by atoms with Crippen LogP contribution >= 0.6 is 23.8 Å². The number of hydrogen-bond donors (Lipinski definition) is 0. The molecule has 7 heteroatoms. The van der Waals surface area contributed by atoms with Gasteiger partial charge < -0.3 is 13.7 Å². The molecule has 5 nitrogen and oxygen atoms in total. The van der Waals surface area contributed by atoms with Crippen molar-refractivity contribution in [3.05, 3.63) is 162 Å². The maximum atomic E-state index is 11.2. The number of esters is 1. The number of thioether (sulfide) groups is 1. The van der Waals surface area contributed by atoms with E-state index in [1.54, 1.807) is 11.8 Å². The summed E-state index contributed by atoms with van der Waals surface area (Å²) in [5.41, 5.74) is 5.72. The predicted octanol–water partition coefficient (Wildman–Crippen LogP) is 9.08. The van der Waals surface area contributed by atoms with Gasteiger partial charge in [-0.05, 0) is 114 Å². The summed E-state index contributed by atoms with van der Waals surface area (Å²) in [6.45, 7) is 9.60. The minimum absolute atomic E-state index is 0.342. The predicted molar refractivity (Wildman–Crippen MR) is 198 cm³/mol. The van der Waals surface area contributed by atoms with Gasteiger partial charge >= 0.3 is 11.9 Å². The minimum Gasteiger partial charge on any atom is -0.489 e. The minimum atomic E-state index is -0.479. The molecule has 0 aliphatic heterocycles. The van der Waals surface area contributed by atoms with E-state index in [2.05, 4.69) is 67.2 Å². The molecule has 5 aromatic carbocycles. The Morgan fingerprint density at radius 2 is 1.24 bits per heavy atom. The summed E-state index contributed by atoms with van der Waals surface area (Å²) in [5, 5.41) is 2.22. The molecule has 0 spiro atoms. The Labute approximate surface area is 295 Å². The summed E-state index contributed by atoms with van der Waals surface area (Å²) in [7, 11) is 0. The highest BCUT2D eigenvalue weighted by Crippen LogP contribution is 2.24. The number of benzene rings is 5. The quantitative estimate of drug-likeness (QED) is 0.0345. The Hall–Kier alpha value is -5.60. The Morgan fingerprint density at radius 1 is 0.673 bits per heavy atom. The van der Waals surface area contributed by atoms with Crippen molar-refractivity contribution in [3.63, 3.8) is 0 Å². The van der Waals surface area contributed by atoms with Crippen molar-refractivity contribution < 1.29 is 23.2 Å². The fourth-order valence-electron chi connectivity index (χ4n) is 4.51. The van der Waals surface area contributed by atoms with E-state index in [1.165, 1.54) is 6.08 Å². The molecular weight excluding hydrogens is 649 g/mol. The number of carbonyl (C=O) groups is 2. The van der Waals surface area contributed by atoms with Crippen LogP contribution in [-0.2, 0) is 25.1 Å². The monoisotopic (exact) mass is 680 g/mol. The Bertz CT molecular complexity index is 2110. The third-order valence-corrected chi connectivity index (χ3v) is 8.72. The van der Waals surface area contributed by atoms with Crippen LogP contribution in [0.15, 0.2) is 138 Å². The number of ether oxygens (including phenoxy) is 2. The molecule has 242 valence electrons. The summed E-state index contributed by atoms with van der Waals surface area (Å²) in [5.74, 6) is 13.5. The maximum Gasteiger partial charge on any atom is 0.342 e. The van der Waals surface area contributed by atoms with E-state index >= 15 is 0 Å². The van der Waals surface area contributed by atoms with E-state index in [-0.39, 0.29) is 0 Å². The molecule has 0 radical (unpaired) electrons. The van der Waals surface area contributed by atoms with E-state index in [9.17, 15) is 9.59 Å². The molecule has 0 heterocycles. The van der Waals surface area contributed by atoms with Crippen LogP contribution < -0.4 is 4.74 Å². The van der Waals surface area contributed by atoms with Gasteiger partial charge in [0.05, 0.1) is 12.0 Å². The highest BCUT2D eigenvalue weighted by atomic mass is 32.2. The van der Waals surface area contributed by atoms with Gasteiger partial charge in [0.2, 0.25) is 0 Å². The zero-order valence-corrected chi connectivity index (χ0v) is 28.5. The number of aryl methyl sites for hydroxylation is 1. The van der Waals surface area contributed by atoms with Crippen molar-refractivity contribution in [1.82, 2.24) is 0 Å². The van der Waals surface area contributed by atoms with Crippen LogP contribution in [0.2, 0.25) is 0 Å². The molecule has 0 N–H and O–H groups in total. The Morgan fingerprint density at radius 3 is 1.92 bits per heavy atom. The smallest absolute Gasteiger partial charge is 0.342 e. The summed E-state index contributed by atoms with van der Waals surface area (Å²) in [6.07, 6.45) is 2.30. The first-order chi connectivity index (χ1) is 23.9. The zero-order chi connectivity index (χ0) is 34.4. The van der Waals surface area contributed by atoms with Gasteiger partial charge in [0.25, 0.3) is 0 Å². The van der Waals surface area contributed by atoms with Crippen molar-refractivity contribution in [2.24, 2.45) is 0 Å². The van der Waals surface area contributed by atoms with Gasteiger partial charge in [0.1, 0.15) is 19.0 Å². The normalized spacial score (nSPS) is 10.1. The van der Waals surface area contributed by atoms with Gasteiger partial charge in [-0.3, -0.25) is 0 Å². The maximum absolute atomic E-state index is 11.2. The second kappa shape index (κ2) is 17.5. The van der Waals surface area contributed by atoms with E-state index in [1.807, 2.05) is 79.7 Å². The number of carbonyl (C=O) groups excluding carboxylic acids is 2. The lowest BCUT2D eigenvalue weighted by Gasteiger charge is -2.10. The van der Waals surface area contributed by atoms with Gasteiger partial charge in [-0.1, -0.05) is 55.0 Å². The van der Waals surface area contributed by atoms with E-state index < -0.39 is 11.9 Å². The molecule has 0 amide bonds. The second-order valence-electron chi connectivity index (χ2n) is 10.6. The Kier molecular flexibility index (Phi) is 12.4. The SMILES string of the molecule is C=CC(=O)OCCSc1ccc(C#Cc2ccc(OCc3ccc4cc(C#Cc5ccc(SOC(=O)C=C)cc5)ccc4c3)c(C)c2)cc1. The third kappa shape index (κ3) is 10.7. The standard InChI is InChI=1S/C42H32O5S2/c1-4-41(43)45-24-25-48-38-19-12-31(13-20-38)6-8-33-16-23-40(30(3)26-33)46-29-35-11-18-36-27-34(10-17-37(36)28-35)9-7-32-14-21-39(22-15-32)49-47-42(44)5-2/h4-5,10-23,26-28H,1-2,24-25,29H2,3H3. The first-order valence-electron chi connectivity index (χ1n) is 15.3. The summed E-state index contributed by atoms with van der Waals surface area (Å²) >= 11 is 2.61. The van der Waals surface area contributed by atoms with Crippen molar-refractivity contribution in [1.29, 1.82) is 0 Å². The average molecular weight is 681 g/mol. The molecule has 0 unspecified atom stereocenters. The molecule has 0 saturated heterocycles. The molecule has 0 aliphatic rings. The number of fused-ring (bicyclic) bond motifs is 1. The van der Waals surface area contributed by atoms with Gasteiger partial charge in [-0.25, -0.2) is 9.59 Å². The zero-order valence-electron chi connectivity index (χ0n) is 26.9. The highest BCUT2D eigenvalue weighted by Gasteiger charge is 2.04. The van der Waals surface area contributed by atoms with Gasteiger partial charge in [-0.2, -0.15) is 0 Å². The summed E-state index contributed by atoms with van der Waals surface area (Å²) in [6, 6.07) is 34.0. The van der Waals surface area contributed by atoms with Crippen LogP contribution in [-0.4, -0.2) is 24.3 Å². The lowest BCUT2D eigenvalue weighted by molar-refractivity contribution is -0.137. The molecule has 0 atom stereocenters. The average Bonchev–Trinajstić information content (AvgIpc) is 3.14. The molecule has 0 aromatic heterocycles. The Balaban J connectivity index is 1.13. The van der Waals surface area contributed by atoms with E-state index in [0.29, 0.717) is 19.0 Å². The van der Waals surface area contributed by atoms with Crippen LogP contribution in [0.4, 0.5) is 0 Å². The van der Waals surface area contributed by atoms with Gasteiger partial charge in [0, 0.05) is 49.9 Å². The lowest BCUT2D eigenvalue weighted by Crippen LogP contribution is -2.03. The van der Waals surface area contributed by atoms with Crippen LogP contribution in [0, 0.1) is 30.6 Å². The number of hydrogen-bond acceptors (Lipinski definition) is 7. The highest BCUT2D eigenvalue weighted by molar-refractivity contribution is 7.99. The second-order valence-corrected chi connectivity index (χ2v) is 12.6. The molecule has 49 heavy (non-hydrogen) atoms. The van der Waals surface area contributed by atoms with Gasteiger partial charge in [0.15, 0.2) is 0 Å². The first kappa shape index (κ1) is 34.7. The van der Waals surface area contributed by atoms with Gasteiger partial charge in [-0.15, -0.1) is 11.8 Å². The number of rotatable bonds is 11. The van der Waals surface area contributed by atoms with Crippen LogP contribution in [0.5, 0.6) is 5.75 Å². The molecule has 0 saturated carbocycles.